The number of hydrogen-bond acceptors (Lipinski definition) is 5. The lowest BCUT2D eigenvalue weighted by Crippen LogP contribution is -2.63. The van der Waals surface area contributed by atoms with Crippen molar-refractivity contribution in [2.75, 3.05) is 0 Å². The average molecular weight is 193 g/mol. The molecule has 0 amide bonds. The van der Waals surface area contributed by atoms with Gasteiger partial charge in [0.25, 0.3) is 0 Å². The summed E-state index contributed by atoms with van der Waals surface area (Å²) >= 11 is 0. The fourth-order valence-corrected chi connectivity index (χ4v) is 0.670. The smallest absolute Gasteiger partial charge is 0.0899 e. The molecule has 5 nitrogen and oxygen atoms in total. The Labute approximate surface area is 76.3 Å². The second-order valence-electron chi connectivity index (χ2n) is 3.18. The van der Waals surface area contributed by atoms with Crippen molar-refractivity contribution in [3.8, 4) is 0 Å². The molecular formula is C6H20N5P. The summed E-state index contributed by atoms with van der Waals surface area (Å²) in [6.45, 7) is 6.04. The van der Waals surface area contributed by atoms with E-state index in [2.05, 4.69) is 38.0 Å². The van der Waals surface area contributed by atoms with Crippen molar-refractivity contribution in [3.63, 3.8) is 0 Å². The standard InChI is InChI=1S/C6H20N5P/c1-4-5(12)8-9-6(2,3)10-11-7/h5,8-11H,4,7,12H2,1-3H3. The molecule has 0 radical (unpaired) electrons. The monoisotopic (exact) mass is 193 g/mol. The van der Waals surface area contributed by atoms with Crippen LogP contribution in [0.4, 0.5) is 0 Å². The van der Waals surface area contributed by atoms with E-state index in [4.69, 9.17) is 5.84 Å². The largest absolute Gasteiger partial charge is 0.258 e. The van der Waals surface area contributed by atoms with Gasteiger partial charge in [-0.2, -0.15) is 5.53 Å². The molecular weight excluding hydrogens is 173 g/mol. The van der Waals surface area contributed by atoms with Gasteiger partial charge in [-0.25, -0.2) is 16.3 Å². The first-order valence-corrected chi connectivity index (χ1v) is 4.69. The molecule has 74 valence electrons. The van der Waals surface area contributed by atoms with Crippen LogP contribution in [0.25, 0.3) is 0 Å². The predicted octanol–water partition coefficient (Wildman–Crippen LogP) is -0.604. The van der Waals surface area contributed by atoms with Gasteiger partial charge in [0.05, 0.1) is 5.66 Å². The van der Waals surface area contributed by atoms with Crippen LogP contribution in [0, 0.1) is 0 Å². The van der Waals surface area contributed by atoms with Crippen LogP contribution in [0.2, 0.25) is 0 Å². The third kappa shape index (κ3) is 5.83. The highest BCUT2D eigenvalue weighted by molar-refractivity contribution is 7.17. The van der Waals surface area contributed by atoms with Gasteiger partial charge in [-0.3, -0.25) is 5.84 Å². The molecule has 0 aromatic carbocycles. The lowest BCUT2D eigenvalue weighted by molar-refractivity contribution is 0.233. The van der Waals surface area contributed by atoms with Crippen LogP contribution in [0.3, 0.4) is 0 Å². The van der Waals surface area contributed by atoms with Crippen LogP contribution in [0.15, 0.2) is 0 Å². The molecule has 0 aliphatic heterocycles. The first-order chi connectivity index (χ1) is 5.52. The number of hydrogen-bond donors (Lipinski definition) is 5. The molecule has 0 fully saturated rings. The maximum absolute atomic E-state index is 5.12. The SMILES string of the molecule is CCC(P)NNC(C)(C)NNN. The molecule has 0 saturated carbocycles. The highest BCUT2D eigenvalue weighted by Gasteiger charge is 2.15. The Kier molecular flexibility index (Phi) is 5.92. The second-order valence-corrected chi connectivity index (χ2v) is 3.98. The predicted molar refractivity (Wildman–Crippen MR) is 54.6 cm³/mol. The second kappa shape index (κ2) is 5.80. The highest BCUT2D eigenvalue weighted by Crippen LogP contribution is 1.99. The third-order valence-corrected chi connectivity index (χ3v) is 2.03. The minimum absolute atomic E-state index is 0.279. The van der Waals surface area contributed by atoms with E-state index in [0.29, 0.717) is 5.78 Å². The van der Waals surface area contributed by atoms with Gasteiger partial charge in [-0.1, -0.05) is 6.92 Å². The van der Waals surface area contributed by atoms with Crippen molar-refractivity contribution < 1.29 is 0 Å². The zero-order valence-electron chi connectivity index (χ0n) is 7.94. The quantitative estimate of drug-likeness (QED) is 0.168. The molecule has 0 heterocycles. The number of rotatable bonds is 6. The number of hydrazine groups is 3. The van der Waals surface area contributed by atoms with Gasteiger partial charge in [0.15, 0.2) is 0 Å². The summed E-state index contributed by atoms with van der Waals surface area (Å²) in [6.07, 6.45) is 1.05. The van der Waals surface area contributed by atoms with Gasteiger partial charge in [0.1, 0.15) is 0 Å². The van der Waals surface area contributed by atoms with Crippen LogP contribution in [0.5, 0.6) is 0 Å². The maximum Gasteiger partial charge on any atom is 0.0899 e. The summed E-state index contributed by atoms with van der Waals surface area (Å²) in [5.41, 5.74) is 11.2. The molecule has 2 atom stereocenters. The molecule has 6 heteroatoms. The fraction of sp³-hybridized carbons (Fsp3) is 1.00. The summed E-state index contributed by atoms with van der Waals surface area (Å²) in [5.74, 6) is 5.48. The van der Waals surface area contributed by atoms with E-state index in [1.807, 2.05) is 13.8 Å². The van der Waals surface area contributed by atoms with E-state index in [-0.39, 0.29) is 5.66 Å². The Hall–Kier alpha value is 0.230. The topological polar surface area (TPSA) is 74.1 Å². The first kappa shape index (κ1) is 12.2. The van der Waals surface area contributed by atoms with Gasteiger partial charge in [-0.05, 0) is 20.3 Å². The molecule has 0 rings (SSSR count). The lowest BCUT2D eigenvalue weighted by atomic mass is 10.3. The molecule has 0 bridgehead atoms. The molecule has 0 aromatic heterocycles. The summed E-state index contributed by atoms with van der Waals surface area (Å²) in [7, 11) is 2.70. The van der Waals surface area contributed by atoms with Crippen molar-refractivity contribution in [2.45, 2.75) is 38.6 Å². The van der Waals surface area contributed by atoms with E-state index in [9.17, 15) is 0 Å². The molecule has 0 aliphatic carbocycles. The van der Waals surface area contributed by atoms with E-state index >= 15 is 0 Å². The molecule has 12 heavy (non-hydrogen) atoms. The zero-order valence-corrected chi connectivity index (χ0v) is 9.09. The van der Waals surface area contributed by atoms with E-state index in [0.717, 1.165) is 6.42 Å². The number of nitrogens with two attached hydrogens (primary N) is 1. The minimum atomic E-state index is -0.279. The normalized spacial score (nSPS) is 14.8. The first-order valence-electron chi connectivity index (χ1n) is 4.03. The molecule has 6 N–H and O–H groups in total. The van der Waals surface area contributed by atoms with E-state index in [1.165, 1.54) is 0 Å². The van der Waals surface area contributed by atoms with Crippen LogP contribution >= 0.6 is 9.24 Å². The third-order valence-electron chi connectivity index (χ3n) is 1.39. The maximum atomic E-state index is 5.12. The van der Waals surface area contributed by atoms with Crippen LogP contribution < -0.4 is 27.7 Å². The zero-order chi connectivity index (χ0) is 9.61. The Morgan fingerprint density at radius 2 is 2.00 bits per heavy atom. The van der Waals surface area contributed by atoms with E-state index < -0.39 is 0 Å². The van der Waals surface area contributed by atoms with Crippen molar-refractivity contribution in [3.05, 3.63) is 0 Å². The Bertz CT molecular complexity index is 119. The number of nitrogens with one attached hydrogen (secondary N) is 4. The molecule has 0 aromatic rings. The van der Waals surface area contributed by atoms with Crippen molar-refractivity contribution >= 4 is 9.24 Å². The van der Waals surface area contributed by atoms with Gasteiger partial charge >= 0.3 is 0 Å². The summed E-state index contributed by atoms with van der Waals surface area (Å²) < 4.78 is 0. The molecule has 0 spiro atoms. The summed E-state index contributed by atoms with van der Waals surface area (Å²) in [5, 5.41) is 0. The fourth-order valence-electron chi connectivity index (χ4n) is 0.587. The average Bonchev–Trinajstić information content (AvgIpc) is 2.00. The Balaban J connectivity index is 3.59. The molecule has 2 unspecified atom stereocenters. The summed E-state index contributed by atoms with van der Waals surface area (Å²) in [4.78, 5) is 0. The Morgan fingerprint density at radius 1 is 1.42 bits per heavy atom. The highest BCUT2D eigenvalue weighted by atomic mass is 31.0. The molecule has 0 saturated heterocycles. The van der Waals surface area contributed by atoms with Crippen LogP contribution in [-0.4, -0.2) is 11.4 Å². The van der Waals surface area contributed by atoms with Crippen molar-refractivity contribution in [2.24, 2.45) is 5.84 Å². The summed E-state index contributed by atoms with van der Waals surface area (Å²) in [6, 6.07) is 0. The van der Waals surface area contributed by atoms with Gasteiger partial charge < -0.3 is 0 Å². The minimum Gasteiger partial charge on any atom is -0.258 e. The van der Waals surface area contributed by atoms with Gasteiger partial charge in [0.2, 0.25) is 0 Å². The van der Waals surface area contributed by atoms with Gasteiger partial charge in [0, 0.05) is 5.78 Å². The Morgan fingerprint density at radius 3 is 2.42 bits per heavy atom. The molecule has 0 aliphatic rings. The van der Waals surface area contributed by atoms with Crippen LogP contribution in [-0.2, 0) is 0 Å². The van der Waals surface area contributed by atoms with Gasteiger partial charge in [-0.15, -0.1) is 9.24 Å². The van der Waals surface area contributed by atoms with Crippen molar-refractivity contribution in [1.29, 1.82) is 0 Å². The van der Waals surface area contributed by atoms with Crippen LogP contribution in [0.1, 0.15) is 27.2 Å². The van der Waals surface area contributed by atoms with Crippen molar-refractivity contribution in [1.82, 2.24) is 21.8 Å². The van der Waals surface area contributed by atoms with E-state index in [1.54, 1.807) is 0 Å². The lowest BCUT2D eigenvalue weighted by Gasteiger charge is -2.28.